The molecule has 0 radical (unpaired) electrons. The van der Waals surface area contributed by atoms with Gasteiger partial charge in [-0.1, -0.05) is 56.2 Å². The SMILES string of the molecule is C=CC[C@H](C)CS(=O)(=O)NC(=O)c1ccc2c(c1)N(C[C@@H]1CC[C@H]1[C@@H](O)/C=C/CCC)CCCCc1cc(Cl)ccc1CO2. The third kappa shape index (κ3) is 9.35. The molecule has 0 bridgehead atoms. The molecule has 0 spiro atoms. The number of aliphatic hydroxyl groups is 1. The van der Waals surface area contributed by atoms with Gasteiger partial charge in [0.05, 0.1) is 17.5 Å². The molecule has 2 aromatic carbocycles. The van der Waals surface area contributed by atoms with Crippen LogP contribution in [0.1, 0.15) is 80.3 Å². The number of carbonyl (C=O) groups excluding carboxylic acids is 1. The highest BCUT2D eigenvalue weighted by molar-refractivity contribution is 7.90. The molecular weight excluding hydrogens is 596 g/mol. The maximum atomic E-state index is 13.3. The summed E-state index contributed by atoms with van der Waals surface area (Å²) in [5, 5.41) is 11.6. The minimum atomic E-state index is -3.83. The zero-order valence-corrected chi connectivity index (χ0v) is 27.6. The number of unbranched alkanes of at least 4 members (excludes halogenated alkanes) is 1. The zero-order valence-electron chi connectivity index (χ0n) is 26.0. The fourth-order valence-electron chi connectivity index (χ4n) is 6.15. The Bertz CT molecular complexity index is 1430. The van der Waals surface area contributed by atoms with Crippen molar-refractivity contribution in [3.05, 3.63) is 82.9 Å². The van der Waals surface area contributed by atoms with Gasteiger partial charge in [-0.2, -0.15) is 0 Å². The van der Waals surface area contributed by atoms with Crippen LogP contribution in [-0.4, -0.2) is 44.4 Å². The van der Waals surface area contributed by atoms with Crippen molar-refractivity contribution in [3.63, 3.8) is 0 Å². The van der Waals surface area contributed by atoms with E-state index in [2.05, 4.69) is 29.2 Å². The largest absolute Gasteiger partial charge is 0.487 e. The van der Waals surface area contributed by atoms with E-state index in [1.165, 1.54) is 5.56 Å². The van der Waals surface area contributed by atoms with Crippen molar-refractivity contribution in [2.75, 3.05) is 23.7 Å². The number of carbonyl (C=O) groups is 1. The number of anilines is 1. The van der Waals surface area contributed by atoms with Crippen LogP contribution in [0.3, 0.4) is 0 Å². The first-order valence-corrected chi connectivity index (χ1v) is 17.9. The van der Waals surface area contributed by atoms with Gasteiger partial charge in [-0.25, -0.2) is 13.1 Å². The van der Waals surface area contributed by atoms with E-state index < -0.39 is 22.0 Å². The van der Waals surface area contributed by atoms with E-state index in [9.17, 15) is 18.3 Å². The van der Waals surface area contributed by atoms with E-state index in [4.69, 9.17) is 16.3 Å². The summed E-state index contributed by atoms with van der Waals surface area (Å²) in [5.74, 6) is 0.110. The van der Waals surface area contributed by atoms with E-state index in [0.717, 1.165) is 62.7 Å². The highest BCUT2D eigenvalue weighted by Crippen LogP contribution is 2.41. The van der Waals surface area contributed by atoms with Gasteiger partial charge in [-0.05, 0) is 104 Å². The lowest BCUT2D eigenvalue weighted by molar-refractivity contribution is 0.0461. The molecule has 4 atom stereocenters. The molecule has 2 aliphatic rings. The second kappa shape index (κ2) is 16.0. The van der Waals surface area contributed by atoms with Crippen LogP contribution in [0.25, 0.3) is 0 Å². The molecule has 0 unspecified atom stereocenters. The summed E-state index contributed by atoms with van der Waals surface area (Å²) >= 11 is 6.32. The number of amides is 1. The lowest BCUT2D eigenvalue weighted by Crippen LogP contribution is -2.43. The van der Waals surface area contributed by atoms with Gasteiger partial charge >= 0.3 is 0 Å². The zero-order chi connectivity index (χ0) is 31.7. The number of sulfonamides is 1. The first-order valence-electron chi connectivity index (χ1n) is 15.9. The number of nitrogens with one attached hydrogen (secondary N) is 1. The molecule has 4 rings (SSSR count). The van der Waals surface area contributed by atoms with E-state index in [0.29, 0.717) is 30.3 Å². The van der Waals surface area contributed by atoms with Crippen molar-refractivity contribution >= 4 is 33.2 Å². The summed E-state index contributed by atoms with van der Waals surface area (Å²) in [4.78, 5) is 15.5. The summed E-state index contributed by atoms with van der Waals surface area (Å²) in [6.45, 7) is 9.41. The quantitative estimate of drug-likeness (QED) is 0.240. The minimum absolute atomic E-state index is 0.158. The summed E-state index contributed by atoms with van der Waals surface area (Å²) in [6.07, 6.45) is 12.5. The van der Waals surface area contributed by atoms with Crippen LogP contribution in [0.2, 0.25) is 5.02 Å². The third-order valence-corrected chi connectivity index (χ3v) is 10.5. The molecule has 1 heterocycles. The van der Waals surface area contributed by atoms with Gasteiger partial charge in [0.2, 0.25) is 10.0 Å². The summed E-state index contributed by atoms with van der Waals surface area (Å²) < 4.78 is 34.2. The van der Waals surface area contributed by atoms with Crippen LogP contribution < -0.4 is 14.4 Å². The minimum Gasteiger partial charge on any atom is -0.487 e. The van der Waals surface area contributed by atoms with E-state index in [-0.39, 0.29) is 29.1 Å². The third-order valence-electron chi connectivity index (χ3n) is 8.72. The number of hydrogen-bond acceptors (Lipinski definition) is 6. The molecule has 0 aromatic heterocycles. The highest BCUT2D eigenvalue weighted by Gasteiger charge is 2.36. The number of ether oxygens (including phenoxy) is 1. The number of rotatable bonds is 12. The summed E-state index contributed by atoms with van der Waals surface area (Å²) in [6, 6.07) is 11.0. The van der Waals surface area contributed by atoms with Crippen molar-refractivity contribution in [2.24, 2.45) is 17.8 Å². The maximum absolute atomic E-state index is 13.3. The Morgan fingerprint density at radius 2 is 2.02 bits per heavy atom. The molecule has 240 valence electrons. The van der Waals surface area contributed by atoms with Crippen molar-refractivity contribution in [1.82, 2.24) is 4.72 Å². The number of hydrogen-bond donors (Lipinski definition) is 2. The molecule has 44 heavy (non-hydrogen) atoms. The average Bonchev–Trinajstić information content (AvgIpc) is 2.98. The summed E-state index contributed by atoms with van der Waals surface area (Å²) in [5.41, 5.74) is 3.25. The molecule has 1 fully saturated rings. The van der Waals surface area contributed by atoms with Gasteiger partial charge in [-0.3, -0.25) is 4.79 Å². The first kappa shape index (κ1) is 34.1. The number of allylic oxidation sites excluding steroid dienone is 2. The van der Waals surface area contributed by atoms with E-state index >= 15 is 0 Å². The van der Waals surface area contributed by atoms with E-state index in [1.54, 1.807) is 24.3 Å². The molecule has 0 saturated heterocycles. The fourth-order valence-corrected chi connectivity index (χ4v) is 7.71. The Hall–Kier alpha value is -2.81. The lowest BCUT2D eigenvalue weighted by Gasteiger charge is -2.42. The maximum Gasteiger partial charge on any atom is 0.264 e. The van der Waals surface area contributed by atoms with Crippen molar-refractivity contribution in [3.8, 4) is 5.75 Å². The Kier molecular flexibility index (Phi) is 12.4. The highest BCUT2D eigenvalue weighted by atomic mass is 35.5. The first-order chi connectivity index (χ1) is 21.1. The van der Waals surface area contributed by atoms with Crippen molar-refractivity contribution in [1.29, 1.82) is 0 Å². The number of aryl methyl sites for hydroxylation is 1. The van der Waals surface area contributed by atoms with Crippen molar-refractivity contribution in [2.45, 2.75) is 77.9 Å². The summed E-state index contributed by atoms with van der Waals surface area (Å²) in [7, 11) is -3.83. The van der Waals surface area contributed by atoms with Gasteiger partial charge in [0.15, 0.2) is 0 Å². The Morgan fingerprint density at radius 1 is 1.20 bits per heavy atom. The van der Waals surface area contributed by atoms with Crippen LogP contribution in [0.15, 0.2) is 61.2 Å². The number of fused-ring (bicyclic) bond motifs is 2. The van der Waals surface area contributed by atoms with Crippen molar-refractivity contribution < 1.29 is 23.1 Å². The standard InChI is InChI=1S/C35H47ClN2O5S/c1-4-6-7-12-33(39)31-17-14-28(31)22-38-19-9-8-11-26-20-30(36)16-13-29(26)23-43-34-18-15-27(21-32(34)38)35(40)37-44(41,42)24-25(3)10-5-2/h5,7,12-13,15-16,18,20-21,25,28,31,33,39H,2,4,6,8-11,14,17,19,22-24H2,1,3H3,(H,37,40)/b12-7+/t25-,28-,31+,33-/m0/s1. The monoisotopic (exact) mass is 642 g/mol. The number of halogens is 1. The normalized spacial score (nSPS) is 20.3. The van der Waals surface area contributed by atoms with Gasteiger partial charge in [0.25, 0.3) is 5.91 Å². The Morgan fingerprint density at radius 3 is 2.75 bits per heavy atom. The van der Waals surface area contributed by atoms with Crippen LogP contribution in [0.5, 0.6) is 5.75 Å². The Balaban J connectivity index is 1.62. The second-order valence-electron chi connectivity index (χ2n) is 12.3. The molecule has 9 heteroatoms. The van der Waals surface area contributed by atoms with E-state index in [1.807, 2.05) is 31.2 Å². The molecular formula is C35H47ClN2O5S. The number of nitrogens with zero attached hydrogens (tertiary/aromatic N) is 1. The molecule has 1 saturated carbocycles. The molecule has 2 N–H and O–H groups in total. The number of benzene rings is 2. The van der Waals surface area contributed by atoms with Crippen LogP contribution in [-0.2, 0) is 23.1 Å². The fraction of sp³-hybridized carbons (Fsp3) is 0.514. The van der Waals surface area contributed by atoms with Gasteiger partial charge in [0, 0.05) is 23.7 Å². The van der Waals surface area contributed by atoms with Gasteiger partial charge in [-0.15, -0.1) is 6.58 Å². The average molecular weight is 643 g/mol. The van der Waals surface area contributed by atoms with Crippen LogP contribution >= 0.6 is 11.6 Å². The van der Waals surface area contributed by atoms with Gasteiger partial charge in [0.1, 0.15) is 12.4 Å². The van der Waals surface area contributed by atoms with Gasteiger partial charge < -0.3 is 14.7 Å². The molecule has 1 aliphatic heterocycles. The number of aliphatic hydroxyl groups excluding tert-OH is 1. The topological polar surface area (TPSA) is 95.9 Å². The molecule has 1 aliphatic carbocycles. The predicted molar refractivity (Wildman–Crippen MR) is 179 cm³/mol. The van der Waals surface area contributed by atoms with Crippen LogP contribution in [0, 0.1) is 17.8 Å². The second-order valence-corrected chi connectivity index (χ2v) is 14.5. The van der Waals surface area contributed by atoms with Crippen LogP contribution in [0.4, 0.5) is 5.69 Å². The predicted octanol–water partition coefficient (Wildman–Crippen LogP) is 7.08. The molecule has 2 aromatic rings. The lowest BCUT2D eigenvalue weighted by atomic mass is 9.70. The smallest absolute Gasteiger partial charge is 0.264 e. The molecule has 7 nitrogen and oxygen atoms in total. The molecule has 1 amide bonds. The Labute approximate surface area is 268 Å².